The first-order chi connectivity index (χ1) is 14.0. The van der Waals surface area contributed by atoms with Gasteiger partial charge in [0.2, 0.25) is 0 Å². The van der Waals surface area contributed by atoms with Crippen LogP contribution in [0.25, 0.3) is 22.4 Å². The molecule has 0 unspecified atom stereocenters. The van der Waals surface area contributed by atoms with Crippen LogP contribution in [0, 0.1) is 0 Å². The molecule has 0 bridgehead atoms. The maximum absolute atomic E-state index is 13.5. The van der Waals surface area contributed by atoms with Gasteiger partial charge >= 0.3 is 6.29 Å². The highest BCUT2D eigenvalue weighted by Crippen LogP contribution is 2.46. The number of H-pyrrole nitrogens is 1. The molecular weight excluding hydrogens is 382 g/mol. The summed E-state index contributed by atoms with van der Waals surface area (Å²) in [5.74, 6) is 0.0871. The van der Waals surface area contributed by atoms with Gasteiger partial charge in [0.25, 0.3) is 5.91 Å². The summed E-state index contributed by atoms with van der Waals surface area (Å²) >= 11 is 0. The van der Waals surface area contributed by atoms with Gasteiger partial charge in [-0.15, -0.1) is 8.78 Å². The Morgan fingerprint density at radius 3 is 2.72 bits per heavy atom. The van der Waals surface area contributed by atoms with Crippen molar-refractivity contribution in [1.29, 1.82) is 0 Å². The van der Waals surface area contributed by atoms with Crippen LogP contribution < -0.4 is 14.8 Å². The number of fused-ring (bicyclic) bond motifs is 2. The molecule has 0 atom stereocenters. The predicted molar refractivity (Wildman–Crippen MR) is 99.9 cm³/mol. The van der Waals surface area contributed by atoms with Crippen LogP contribution in [0.4, 0.5) is 14.6 Å². The Morgan fingerprint density at radius 2 is 1.90 bits per heavy atom. The SMILES string of the molecule is O=C(Nc1ccccn1)c1cccc2[nH]c(-c3cccc4c3OC(F)(F)O4)nc12. The topological polar surface area (TPSA) is 89.1 Å². The number of imidazole rings is 1. The molecule has 0 spiro atoms. The molecule has 0 saturated carbocycles. The summed E-state index contributed by atoms with van der Waals surface area (Å²) in [4.78, 5) is 24.3. The van der Waals surface area contributed by atoms with Gasteiger partial charge in [-0.3, -0.25) is 4.79 Å². The van der Waals surface area contributed by atoms with Crippen LogP contribution in [0.3, 0.4) is 0 Å². The lowest BCUT2D eigenvalue weighted by molar-refractivity contribution is -0.286. The molecular formula is C20H12F2N4O3. The Morgan fingerprint density at radius 1 is 1.03 bits per heavy atom. The number of carbonyl (C=O) groups excluding carboxylic acids is 1. The third-order valence-corrected chi connectivity index (χ3v) is 4.35. The van der Waals surface area contributed by atoms with E-state index >= 15 is 0 Å². The molecule has 3 heterocycles. The fourth-order valence-electron chi connectivity index (χ4n) is 3.12. The third kappa shape index (κ3) is 3.02. The molecule has 9 heteroatoms. The normalized spacial score (nSPS) is 14.1. The van der Waals surface area contributed by atoms with E-state index in [1.807, 2.05) is 0 Å². The zero-order chi connectivity index (χ0) is 20.0. The van der Waals surface area contributed by atoms with Crippen molar-refractivity contribution in [2.24, 2.45) is 0 Å². The molecule has 1 amide bonds. The van der Waals surface area contributed by atoms with Crippen molar-refractivity contribution in [3.8, 4) is 22.9 Å². The van der Waals surface area contributed by atoms with Crippen molar-refractivity contribution in [3.63, 3.8) is 0 Å². The molecule has 1 aliphatic rings. The number of anilines is 1. The van der Waals surface area contributed by atoms with E-state index in [0.717, 1.165) is 0 Å². The average Bonchev–Trinajstić information content (AvgIpc) is 3.27. The van der Waals surface area contributed by atoms with E-state index in [1.165, 1.54) is 6.07 Å². The number of rotatable bonds is 3. The molecule has 2 aromatic carbocycles. The lowest BCUT2D eigenvalue weighted by Crippen LogP contribution is -2.26. The van der Waals surface area contributed by atoms with E-state index in [2.05, 4.69) is 29.7 Å². The lowest BCUT2D eigenvalue weighted by atomic mass is 10.1. The number of ether oxygens (including phenoxy) is 2. The molecule has 7 nitrogen and oxygen atoms in total. The van der Waals surface area contributed by atoms with Gasteiger partial charge in [0.15, 0.2) is 11.5 Å². The first-order valence-corrected chi connectivity index (χ1v) is 8.60. The molecule has 0 fully saturated rings. The number of benzene rings is 2. The number of amides is 1. The molecule has 0 aliphatic carbocycles. The second kappa shape index (κ2) is 6.26. The quantitative estimate of drug-likeness (QED) is 0.544. The number of alkyl halides is 2. The first kappa shape index (κ1) is 17.1. The maximum Gasteiger partial charge on any atom is 0.586 e. The minimum Gasteiger partial charge on any atom is -0.395 e. The lowest BCUT2D eigenvalue weighted by Gasteiger charge is -2.05. The van der Waals surface area contributed by atoms with Gasteiger partial charge in [-0.1, -0.05) is 18.2 Å². The Hall–Kier alpha value is -4.01. The summed E-state index contributed by atoms with van der Waals surface area (Å²) in [5, 5.41) is 2.70. The van der Waals surface area contributed by atoms with E-state index in [9.17, 15) is 13.6 Å². The molecule has 5 rings (SSSR count). The molecule has 2 aromatic heterocycles. The van der Waals surface area contributed by atoms with Gasteiger partial charge in [-0.05, 0) is 36.4 Å². The first-order valence-electron chi connectivity index (χ1n) is 8.60. The Kier molecular flexibility index (Phi) is 3.70. The van der Waals surface area contributed by atoms with Gasteiger partial charge < -0.3 is 19.8 Å². The zero-order valence-corrected chi connectivity index (χ0v) is 14.6. The van der Waals surface area contributed by atoms with Crippen LogP contribution in [0.1, 0.15) is 10.4 Å². The summed E-state index contributed by atoms with van der Waals surface area (Å²) < 4.78 is 36.1. The number of aromatic amines is 1. The Bertz CT molecular complexity index is 1240. The summed E-state index contributed by atoms with van der Waals surface area (Å²) in [7, 11) is 0. The summed E-state index contributed by atoms with van der Waals surface area (Å²) in [6, 6.07) is 14.7. The standard InChI is InChI=1S/C20H12F2N4O3/c21-20(22)28-14-8-4-6-12(17(14)29-20)18-24-13-7-3-5-11(16(13)26-18)19(27)25-15-9-1-2-10-23-15/h1-10H,(H,24,26)(H,23,25,27). The average molecular weight is 394 g/mol. The van der Waals surface area contributed by atoms with Crippen molar-refractivity contribution in [2.45, 2.75) is 6.29 Å². The summed E-state index contributed by atoms with van der Waals surface area (Å²) in [5.41, 5.74) is 1.56. The monoisotopic (exact) mass is 394 g/mol. The van der Waals surface area contributed by atoms with Crippen molar-refractivity contribution < 1.29 is 23.0 Å². The number of nitrogens with zero attached hydrogens (tertiary/aromatic N) is 2. The number of carbonyl (C=O) groups is 1. The van der Waals surface area contributed by atoms with Gasteiger partial charge in [-0.25, -0.2) is 9.97 Å². The number of para-hydroxylation sites is 2. The Labute approximate surface area is 162 Å². The van der Waals surface area contributed by atoms with E-state index in [1.54, 1.807) is 54.7 Å². The number of pyridine rings is 1. The van der Waals surface area contributed by atoms with Gasteiger partial charge in [-0.2, -0.15) is 0 Å². The van der Waals surface area contributed by atoms with Gasteiger partial charge in [0.05, 0.1) is 16.6 Å². The minimum absolute atomic E-state index is 0.0823. The van der Waals surface area contributed by atoms with Crippen molar-refractivity contribution in [2.75, 3.05) is 5.32 Å². The van der Waals surface area contributed by atoms with Gasteiger partial charge in [0.1, 0.15) is 17.2 Å². The molecule has 0 saturated heterocycles. The number of hydrogen-bond acceptors (Lipinski definition) is 5. The van der Waals surface area contributed by atoms with Crippen LogP contribution in [0.2, 0.25) is 0 Å². The second-order valence-electron chi connectivity index (χ2n) is 6.26. The van der Waals surface area contributed by atoms with Crippen LogP contribution in [0.5, 0.6) is 11.5 Å². The minimum atomic E-state index is -3.74. The maximum atomic E-state index is 13.5. The predicted octanol–water partition coefficient (Wildman–Crippen LogP) is 4.20. The van der Waals surface area contributed by atoms with Crippen molar-refractivity contribution in [1.82, 2.24) is 15.0 Å². The fraction of sp³-hybridized carbons (Fsp3) is 0.0500. The molecule has 0 radical (unpaired) electrons. The summed E-state index contributed by atoms with van der Waals surface area (Å²) in [6.45, 7) is 0. The molecule has 4 aromatic rings. The third-order valence-electron chi connectivity index (χ3n) is 4.35. The van der Waals surface area contributed by atoms with E-state index in [4.69, 9.17) is 0 Å². The Balaban J connectivity index is 1.56. The van der Waals surface area contributed by atoms with E-state index in [-0.39, 0.29) is 17.3 Å². The van der Waals surface area contributed by atoms with Crippen LogP contribution in [-0.2, 0) is 0 Å². The summed E-state index contributed by atoms with van der Waals surface area (Å²) in [6.07, 6.45) is -2.17. The fourth-order valence-corrected chi connectivity index (χ4v) is 3.12. The number of halogens is 2. The molecule has 1 aliphatic heterocycles. The second-order valence-corrected chi connectivity index (χ2v) is 6.26. The molecule has 29 heavy (non-hydrogen) atoms. The van der Waals surface area contributed by atoms with E-state index < -0.39 is 12.2 Å². The van der Waals surface area contributed by atoms with Gasteiger partial charge in [0, 0.05) is 6.20 Å². The van der Waals surface area contributed by atoms with Crippen LogP contribution in [-0.4, -0.2) is 27.2 Å². The smallest absolute Gasteiger partial charge is 0.395 e. The number of hydrogen-bond donors (Lipinski definition) is 2. The molecule has 144 valence electrons. The van der Waals surface area contributed by atoms with Crippen LogP contribution in [0.15, 0.2) is 60.8 Å². The number of nitrogens with one attached hydrogen (secondary N) is 2. The highest BCUT2D eigenvalue weighted by molar-refractivity contribution is 6.11. The number of aromatic nitrogens is 3. The molecule has 2 N–H and O–H groups in total. The largest absolute Gasteiger partial charge is 0.586 e. The van der Waals surface area contributed by atoms with Crippen molar-refractivity contribution >= 4 is 22.8 Å². The highest BCUT2D eigenvalue weighted by atomic mass is 19.3. The van der Waals surface area contributed by atoms with Crippen LogP contribution >= 0.6 is 0 Å². The zero-order valence-electron chi connectivity index (χ0n) is 14.6. The van der Waals surface area contributed by atoms with Crippen molar-refractivity contribution in [3.05, 3.63) is 66.4 Å². The highest BCUT2D eigenvalue weighted by Gasteiger charge is 2.44. The van der Waals surface area contributed by atoms with E-state index in [0.29, 0.717) is 28.0 Å².